The topological polar surface area (TPSA) is 112 Å². The quantitative estimate of drug-likeness (QED) is 0.421. The Kier molecular flexibility index (Phi) is 8.07. The third-order valence-electron chi connectivity index (χ3n) is 5.35. The molecule has 1 amide bonds. The van der Waals surface area contributed by atoms with Crippen molar-refractivity contribution < 1.29 is 13.2 Å². The number of aromatic amines is 1. The van der Waals surface area contributed by atoms with Crippen LogP contribution in [0.1, 0.15) is 40.5 Å². The smallest absolute Gasteiger partial charge is 0.243 e. The number of nitrogens with one attached hydrogen (secondary N) is 1. The van der Waals surface area contributed by atoms with Crippen LogP contribution in [-0.4, -0.2) is 75.6 Å². The number of thioether (sulfide) groups is 1. The maximum absolute atomic E-state index is 12.9. The summed E-state index contributed by atoms with van der Waals surface area (Å²) in [5.74, 6) is 0.301. The minimum Gasteiger partial charge on any atom is -0.342 e. The highest BCUT2D eigenvalue weighted by atomic mass is 32.2. The first-order chi connectivity index (χ1) is 15.3. The zero-order valence-electron chi connectivity index (χ0n) is 19.0. The van der Waals surface area contributed by atoms with E-state index in [2.05, 4.69) is 27.1 Å². The summed E-state index contributed by atoms with van der Waals surface area (Å²) >= 11 is 1.25. The lowest BCUT2D eigenvalue weighted by Crippen LogP contribution is -2.33. The van der Waals surface area contributed by atoms with Crippen molar-refractivity contribution >= 4 is 49.8 Å². The van der Waals surface area contributed by atoms with Crippen LogP contribution in [0.5, 0.6) is 0 Å². The van der Waals surface area contributed by atoms with E-state index in [-0.39, 0.29) is 16.6 Å². The van der Waals surface area contributed by atoms with Gasteiger partial charge in [0.1, 0.15) is 5.52 Å². The molecular formula is C21H30N6O3S2. The van der Waals surface area contributed by atoms with E-state index in [0.717, 1.165) is 24.9 Å². The molecule has 11 heteroatoms. The van der Waals surface area contributed by atoms with E-state index in [9.17, 15) is 13.2 Å². The minimum absolute atomic E-state index is 0.0533. The predicted molar refractivity (Wildman–Crippen MR) is 127 cm³/mol. The second-order valence-corrected chi connectivity index (χ2v) is 10.2. The maximum Gasteiger partial charge on any atom is 0.243 e. The lowest BCUT2D eigenvalue weighted by molar-refractivity contribution is -0.128. The predicted octanol–water partition coefficient (Wildman–Crippen LogP) is 3.28. The van der Waals surface area contributed by atoms with E-state index >= 15 is 0 Å². The number of unbranched alkanes of at least 4 members (excludes halogenated alkanes) is 1. The average Bonchev–Trinajstić information content (AvgIpc) is 3.15. The van der Waals surface area contributed by atoms with E-state index in [4.69, 9.17) is 0 Å². The normalized spacial score (nSPS) is 12.2. The molecular weight excluding hydrogens is 448 g/mol. The highest BCUT2D eigenvalue weighted by molar-refractivity contribution is 7.99. The fourth-order valence-electron chi connectivity index (χ4n) is 3.50. The number of rotatable bonds is 11. The molecule has 9 nitrogen and oxygen atoms in total. The average molecular weight is 479 g/mol. The lowest BCUT2D eigenvalue weighted by atomic mass is 10.2. The van der Waals surface area contributed by atoms with Crippen LogP contribution in [0, 0.1) is 0 Å². The monoisotopic (exact) mass is 478 g/mol. The first-order valence-electron chi connectivity index (χ1n) is 10.9. The third kappa shape index (κ3) is 5.05. The van der Waals surface area contributed by atoms with Crippen LogP contribution in [0.4, 0.5) is 0 Å². The SMILES string of the molecule is CCCCN(CC)C(=O)CSc1nnc2c(n1)[nH]c1ccc(S(=O)(=O)N(CC)CC)cc12. The molecule has 0 unspecified atom stereocenters. The molecule has 3 rings (SSSR count). The summed E-state index contributed by atoms with van der Waals surface area (Å²) in [6.07, 6.45) is 2.02. The summed E-state index contributed by atoms with van der Waals surface area (Å²) in [7, 11) is -3.58. The Hall–Kier alpha value is -2.24. The van der Waals surface area contributed by atoms with Gasteiger partial charge < -0.3 is 9.88 Å². The molecule has 3 aromatic rings. The highest BCUT2D eigenvalue weighted by Gasteiger charge is 2.23. The first kappa shape index (κ1) is 24.4. The molecule has 32 heavy (non-hydrogen) atoms. The van der Waals surface area contributed by atoms with Crippen LogP contribution in [0.3, 0.4) is 0 Å². The van der Waals surface area contributed by atoms with E-state index in [1.165, 1.54) is 16.1 Å². The summed E-state index contributed by atoms with van der Waals surface area (Å²) in [6, 6.07) is 4.92. The summed E-state index contributed by atoms with van der Waals surface area (Å²) in [6.45, 7) is 9.94. The Morgan fingerprint density at radius 3 is 2.50 bits per heavy atom. The number of sulfonamides is 1. The number of carbonyl (C=O) groups is 1. The van der Waals surface area contributed by atoms with Crippen LogP contribution in [0.15, 0.2) is 28.3 Å². The molecule has 0 radical (unpaired) electrons. The molecule has 1 aromatic carbocycles. The minimum atomic E-state index is -3.58. The van der Waals surface area contributed by atoms with E-state index in [0.29, 0.717) is 41.3 Å². The van der Waals surface area contributed by atoms with Crippen LogP contribution in [-0.2, 0) is 14.8 Å². The van der Waals surface area contributed by atoms with Crippen molar-refractivity contribution in [2.75, 3.05) is 31.9 Å². The molecule has 0 atom stereocenters. The molecule has 0 saturated heterocycles. The van der Waals surface area contributed by atoms with Crippen molar-refractivity contribution in [2.45, 2.75) is 50.6 Å². The van der Waals surface area contributed by atoms with E-state index in [1.54, 1.807) is 18.2 Å². The molecule has 0 spiro atoms. The van der Waals surface area contributed by atoms with Crippen molar-refractivity contribution in [2.24, 2.45) is 0 Å². The van der Waals surface area contributed by atoms with Crippen LogP contribution in [0.25, 0.3) is 22.1 Å². The number of hydrogen-bond acceptors (Lipinski definition) is 7. The van der Waals surface area contributed by atoms with Gasteiger partial charge >= 0.3 is 0 Å². The lowest BCUT2D eigenvalue weighted by Gasteiger charge is -2.20. The molecule has 2 heterocycles. The Morgan fingerprint density at radius 2 is 1.84 bits per heavy atom. The highest BCUT2D eigenvalue weighted by Crippen LogP contribution is 2.27. The van der Waals surface area contributed by atoms with Gasteiger partial charge in [0.25, 0.3) is 0 Å². The number of fused-ring (bicyclic) bond motifs is 3. The van der Waals surface area contributed by atoms with Crippen molar-refractivity contribution in [3.8, 4) is 0 Å². The summed E-state index contributed by atoms with van der Waals surface area (Å²) in [5, 5.41) is 9.48. The van der Waals surface area contributed by atoms with Crippen molar-refractivity contribution in [3.63, 3.8) is 0 Å². The first-order valence-corrected chi connectivity index (χ1v) is 13.3. The standard InChI is InChI=1S/C21H30N6O3S2/c1-5-9-12-26(6-2)18(28)14-31-21-23-20-19(24-25-21)16-13-15(10-11-17(16)22-20)32(29,30)27(7-3)8-4/h10-11,13H,5-9,12,14H2,1-4H3,(H,22,23,25). The van der Waals surface area contributed by atoms with Gasteiger partial charge in [0.15, 0.2) is 5.65 Å². The van der Waals surface area contributed by atoms with Crippen LogP contribution >= 0.6 is 11.8 Å². The Bertz CT molecular complexity index is 1190. The summed E-state index contributed by atoms with van der Waals surface area (Å²) in [4.78, 5) is 22.2. The van der Waals surface area contributed by atoms with Gasteiger partial charge in [-0.15, -0.1) is 10.2 Å². The second-order valence-electron chi connectivity index (χ2n) is 7.33. The van der Waals surface area contributed by atoms with Crippen molar-refractivity contribution in [1.82, 2.24) is 29.4 Å². The molecule has 1 N–H and O–H groups in total. The fraction of sp³-hybridized carbons (Fsp3) is 0.524. The van der Waals surface area contributed by atoms with Gasteiger partial charge in [0.05, 0.1) is 10.6 Å². The van der Waals surface area contributed by atoms with Gasteiger partial charge in [-0.25, -0.2) is 13.4 Å². The van der Waals surface area contributed by atoms with Gasteiger partial charge in [0.2, 0.25) is 21.1 Å². The largest absolute Gasteiger partial charge is 0.342 e. The Labute approximate surface area is 193 Å². The zero-order chi connectivity index (χ0) is 23.3. The molecule has 0 saturated carbocycles. The third-order valence-corrected chi connectivity index (χ3v) is 8.22. The maximum atomic E-state index is 12.9. The van der Waals surface area contributed by atoms with Gasteiger partial charge in [0, 0.05) is 37.1 Å². The van der Waals surface area contributed by atoms with Crippen LogP contribution < -0.4 is 0 Å². The van der Waals surface area contributed by atoms with Crippen molar-refractivity contribution in [3.05, 3.63) is 18.2 Å². The van der Waals surface area contributed by atoms with Gasteiger partial charge in [-0.1, -0.05) is 39.0 Å². The number of H-pyrrole nitrogens is 1. The molecule has 0 aliphatic carbocycles. The number of benzene rings is 1. The second kappa shape index (κ2) is 10.6. The fourth-order valence-corrected chi connectivity index (χ4v) is 5.67. The molecule has 0 fully saturated rings. The van der Waals surface area contributed by atoms with Crippen LogP contribution in [0.2, 0.25) is 0 Å². The van der Waals surface area contributed by atoms with Gasteiger partial charge in [-0.05, 0) is 31.5 Å². The Morgan fingerprint density at radius 1 is 1.09 bits per heavy atom. The van der Waals surface area contributed by atoms with E-state index in [1.807, 2.05) is 25.7 Å². The summed E-state index contributed by atoms with van der Waals surface area (Å²) < 4.78 is 27.2. The number of amides is 1. The number of aromatic nitrogens is 4. The van der Waals surface area contributed by atoms with E-state index < -0.39 is 10.0 Å². The van der Waals surface area contributed by atoms with Crippen molar-refractivity contribution in [1.29, 1.82) is 0 Å². The molecule has 174 valence electrons. The zero-order valence-corrected chi connectivity index (χ0v) is 20.6. The molecule has 0 aliphatic heterocycles. The number of hydrogen-bond donors (Lipinski definition) is 1. The molecule has 2 aromatic heterocycles. The van der Waals surface area contributed by atoms with Gasteiger partial charge in [-0.2, -0.15) is 4.31 Å². The molecule has 0 bridgehead atoms. The number of nitrogens with zero attached hydrogens (tertiary/aromatic N) is 5. The number of carbonyl (C=O) groups excluding carboxylic acids is 1. The Balaban J connectivity index is 1.84. The summed E-state index contributed by atoms with van der Waals surface area (Å²) in [5.41, 5.74) is 1.75. The van der Waals surface area contributed by atoms with Gasteiger partial charge in [-0.3, -0.25) is 4.79 Å². The molecule has 0 aliphatic rings.